The summed E-state index contributed by atoms with van der Waals surface area (Å²) in [6.45, 7) is 2.00. The number of hydrogen-bond donors (Lipinski definition) is 1. The molecule has 0 aromatic heterocycles. The van der Waals surface area contributed by atoms with Crippen molar-refractivity contribution >= 4 is 17.4 Å². The van der Waals surface area contributed by atoms with Gasteiger partial charge in [0.1, 0.15) is 0 Å². The standard InChI is InChI=1S/C16H18FNOS/c1-11(12-4-9-16(19-2)15(17)10-12)18-13-5-7-14(20-3)8-6-13/h4-11,18H,1-3H3. The molecule has 106 valence electrons. The molecule has 0 spiro atoms. The normalized spacial score (nSPS) is 12.0. The number of halogens is 1. The minimum absolute atomic E-state index is 0.0236. The van der Waals surface area contributed by atoms with E-state index in [1.54, 1.807) is 17.8 Å². The Morgan fingerprint density at radius 1 is 1.15 bits per heavy atom. The summed E-state index contributed by atoms with van der Waals surface area (Å²) in [6.07, 6.45) is 2.05. The van der Waals surface area contributed by atoms with Gasteiger partial charge in [0.2, 0.25) is 0 Å². The van der Waals surface area contributed by atoms with Gasteiger partial charge in [-0.1, -0.05) is 6.07 Å². The van der Waals surface area contributed by atoms with E-state index in [9.17, 15) is 4.39 Å². The van der Waals surface area contributed by atoms with Crippen molar-refractivity contribution in [2.75, 3.05) is 18.7 Å². The van der Waals surface area contributed by atoms with Gasteiger partial charge in [-0.05, 0) is 55.1 Å². The van der Waals surface area contributed by atoms with E-state index in [4.69, 9.17) is 4.74 Å². The topological polar surface area (TPSA) is 21.3 Å². The van der Waals surface area contributed by atoms with Crippen LogP contribution in [0.1, 0.15) is 18.5 Å². The van der Waals surface area contributed by atoms with Crippen molar-refractivity contribution in [1.29, 1.82) is 0 Å². The van der Waals surface area contributed by atoms with Gasteiger partial charge >= 0.3 is 0 Å². The summed E-state index contributed by atoms with van der Waals surface area (Å²) >= 11 is 1.71. The van der Waals surface area contributed by atoms with Crippen molar-refractivity contribution in [1.82, 2.24) is 0 Å². The molecule has 0 amide bonds. The van der Waals surface area contributed by atoms with E-state index >= 15 is 0 Å². The molecule has 4 heteroatoms. The van der Waals surface area contributed by atoms with Crippen molar-refractivity contribution in [3.63, 3.8) is 0 Å². The lowest BCUT2D eigenvalue weighted by Gasteiger charge is -2.16. The Labute approximate surface area is 123 Å². The molecule has 0 saturated carbocycles. The van der Waals surface area contributed by atoms with E-state index in [0.717, 1.165) is 11.3 Å². The van der Waals surface area contributed by atoms with Crippen LogP contribution >= 0.6 is 11.8 Å². The Kier molecular flexibility index (Phi) is 4.90. The molecule has 20 heavy (non-hydrogen) atoms. The van der Waals surface area contributed by atoms with E-state index in [1.165, 1.54) is 18.1 Å². The second-order valence-corrected chi connectivity index (χ2v) is 5.37. The number of hydrogen-bond acceptors (Lipinski definition) is 3. The molecule has 0 saturated heterocycles. The highest BCUT2D eigenvalue weighted by Crippen LogP contribution is 2.25. The molecule has 0 aliphatic rings. The van der Waals surface area contributed by atoms with Gasteiger partial charge in [0.05, 0.1) is 7.11 Å². The van der Waals surface area contributed by atoms with Crippen LogP contribution in [-0.2, 0) is 0 Å². The van der Waals surface area contributed by atoms with Crippen LogP contribution in [0.15, 0.2) is 47.4 Å². The predicted molar refractivity (Wildman–Crippen MR) is 83.2 cm³/mol. The first-order valence-electron chi connectivity index (χ1n) is 6.38. The van der Waals surface area contributed by atoms with Crippen LogP contribution in [0.5, 0.6) is 5.75 Å². The van der Waals surface area contributed by atoms with Crippen LogP contribution in [0, 0.1) is 5.82 Å². The molecule has 0 aliphatic carbocycles. The van der Waals surface area contributed by atoms with Gasteiger partial charge in [-0.25, -0.2) is 4.39 Å². The van der Waals surface area contributed by atoms with E-state index in [1.807, 2.05) is 31.4 Å². The van der Waals surface area contributed by atoms with Gasteiger partial charge in [-0.3, -0.25) is 0 Å². The number of nitrogens with one attached hydrogen (secondary N) is 1. The van der Waals surface area contributed by atoms with E-state index in [2.05, 4.69) is 17.4 Å². The minimum atomic E-state index is -0.337. The quantitative estimate of drug-likeness (QED) is 0.805. The zero-order valence-corrected chi connectivity index (χ0v) is 12.6. The average molecular weight is 291 g/mol. The van der Waals surface area contributed by atoms with Gasteiger partial charge in [0, 0.05) is 16.6 Å². The molecule has 0 bridgehead atoms. The summed E-state index contributed by atoms with van der Waals surface area (Å²) in [5, 5.41) is 3.36. The molecule has 2 nitrogen and oxygen atoms in total. The number of benzene rings is 2. The maximum absolute atomic E-state index is 13.7. The molecule has 0 fully saturated rings. The van der Waals surface area contributed by atoms with Gasteiger partial charge in [0.25, 0.3) is 0 Å². The van der Waals surface area contributed by atoms with Crippen LogP contribution in [0.2, 0.25) is 0 Å². The van der Waals surface area contributed by atoms with Gasteiger partial charge < -0.3 is 10.1 Å². The first-order chi connectivity index (χ1) is 9.63. The van der Waals surface area contributed by atoms with Crippen LogP contribution in [0.3, 0.4) is 0 Å². The molecule has 0 radical (unpaired) electrons. The second-order valence-electron chi connectivity index (χ2n) is 4.49. The Morgan fingerprint density at radius 2 is 1.85 bits per heavy atom. The third-order valence-electron chi connectivity index (χ3n) is 3.15. The van der Waals surface area contributed by atoms with E-state index in [0.29, 0.717) is 0 Å². The van der Waals surface area contributed by atoms with Crippen LogP contribution < -0.4 is 10.1 Å². The number of methoxy groups -OCH3 is 1. The summed E-state index contributed by atoms with van der Waals surface area (Å²) in [6, 6.07) is 13.2. The third kappa shape index (κ3) is 3.45. The number of ether oxygens (including phenoxy) is 1. The summed E-state index contributed by atoms with van der Waals surface area (Å²) in [5.74, 6) is -0.0679. The summed E-state index contributed by atoms with van der Waals surface area (Å²) in [4.78, 5) is 1.22. The number of rotatable bonds is 5. The van der Waals surface area contributed by atoms with E-state index < -0.39 is 0 Å². The van der Waals surface area contributed by atoms with E-state index in [-0.39, 0.29) is 17.6 Å². The fourth-order valence-electron chi connectivity index (χ4n) is 1.97. The Hall–Kier alpha value is -1.68. The minimum Gasteiger partial charge on any atom is -0.494 e. The zero-order valence-electron chi connectivity index (χ0n) is 11.8. The van der Waals surface area contributed by atoms with Gasteiger partial charge in [-0.15, -0.1) is 11.8 Å². The Morgan fingerprint density at radius 3 is 2.40 bits per heavy atom. The molecule has 1 atom stereocenters. The number of thioether (sulfide) groups is 1. The largest absolute Gasteiger partial charge is 0.494 e. The molecule has 2 aromatic carbocycles. The molecular weight excluding hydrogens is 273 g/mol. The lowest BCUT2D eigenvalue weighted by molar-refractivity contribution is 0.386. The van der Waals surface area contributed by atoms with Crippen molar-refractivity contribution in [3.05, 3.63) is 53.8 Å². The molecule has 0 aliphatic heterocycles. The molecule has 2 rings (SSSR count). The average Bonchev–Trinajstić information content (AvgIpc) is 2.48. The van der Waals surface area contributed by atoms with Crippen molar-refractivity contribution in [3.8, 4) is 5.75 Å². The lowest BCUT2D eigenvalue weighted by atomic mass is 10.1. The van der Waals surface area contributed by atoms with Crippen molar-refractivity contribution in [2.45, 2.75) is 17.9 Å². The summed E-state index contributed by atoms with van der Waals surface area (Å²) < 4.78 is 18.6. The van der Waals surface area contributed by atoms with Crippen molar-refractivity contribution < 1.29 is 9.13 Å². The first-order valence-corrected chi connectivity index (χ1v) is 7.60. The fourth-order valence-corrected chi connectivity index (χ4v) is 2.38. The highest BCUT2D eigenvalue weighted by Gasteiger charge is 2.09. The molecule has 1 N–H and O–H groups in total. The second kappa shape index (κ2) is 6.66. The van der Waals surface area contributed by atoms with Crippen molar-refractivity contribution in [2.24, 2.45) is 0 Å². The maximum atomic E-state index is 13.7. The molecule has 0 heterocycles. The smallest absolute Gasteiger partial charge is 0.165 e. The maximum Gasteiger partial charge on any atom is 0.165 e. The molecule has 2 aromatic rings. The third-order valence-corrected chi connectivity index (χ3v) is 3.89. The fraction of sp³-hybridized carbons (Fsp3) is 0.250. The molecule has 1 unspecified atom stereocenters. The highest BCUT2D eigenvalue weighted by molar-refractivity contribution is 7.98. The van der Waals surface area contributed by atoms with Gasteiger partial charge in [-0.2, -0.15) is 0 Å². The monoisotopic (exact) mass is 291 g/mol. The lowest BCUT2D eigenvalue weighted by Crippen LogP contribution is -2.07. The van der Waals surface area contributed by atoms with Crippen LogP contribution in [0.4, 0.5) is 10.1 Å². The number of anilines is 1. The van der Waals surface area contributed by atoms with Crippen LogP contribution in [0.25, 0.3) is 0 Å². The predicted octanol–water partition coefficient (Wildman–Crippen LogP) is 4.73. The summed E-state index contributed by atoms with van der Waals surface area (Å²) in [7, 11) is 1.47. The zero-order chi connectivity index (χ0) is 14.5. The molecular formula is C16H18FNOS. The van der Waals surface area contributed by atoms with Gasteiger partial charge in [0.15, 0.2) is 11.6 Å². The SMILES string of the molecule is COc1ccc(C(C)Nc2ccc(SC)cc2)cc1F. The first kappa shape index (κ1) is 14.7. The highest BCUT2D eigenvalue weighted by atomic mass is 32.2. The van der Waals surface area contributed by atoms with Crippen LogP contribution in [-0.4, -0.2) is 13.4 Å². The summed E-state index contributed by atoms with van der Waals surface area (Å²) in [5.41, 5.74) is 1.91. The Bertz CT molecular complexity index is 571. The Balaban J connectivity index is 2.10.